The van der Waals surface area contributed by atoms with Gasteiger partial charge in [-0.1, -0.05) is 30.3 Å². The fourth-order valence-corrected chi connectivity index (χ4v) is 3.54. The van der Waals surface area contributed by atoms with Crippen LogP contribution in [0, 0.1) is 13.8 Å². The van der Waals surface area contributed by atoms with Crippen LogP contribution in [0.15, 0.2) is 42.5 Å². The van der Waals surface area contributed by atoms with Gasteiger partial charge < -0.3 is 10.1 Å². The van der Waals surface area contributed by atoms with Crippen LogP contribution in [0.3, 0.4) is 0 Å². The van der Waals surface area contributed by atoms with E-state index >= 15 is 0 Å². The smallest absolute Gasteiger partial charge is 0.323 e. The molecule has 0 saturated carbocycles. The van der Waals surface area contributed by atoms with Crippen molar-refractivity contribution < 1.29 is 14.3 Å². The molecule has 0 saturated heterocycles. The topological polar surface area (TPSA) is 58.6 Å². The molecule has 0 bridgehead atoms. The number of carbonyl (C=O) groups excluding carboxylic acids is 2. The van der Waals surface area contributed by atoms with Crippen molar-refractivity contribution in [2.75, 3.05) is 19.0 Å². The number of carbonyl (C=O) groups is 2. The Morgan fingerprint density at radius 1 is 1.12 bits per heavy atom. The van der Waals surface area contributed by atoms with E-state index in [9.17, 15) is 9.59 Å². The number of methoxy groups -OCH3 is 1. The Hall–Kier alpha value is -2.66. The van der Waals surface area contributed by atoms with Crippen LogP contribution in [0.1, 0.15) is 22.3 Å². The van der Waals surface area contributed by atoms with Crippen molar-refractivity contribution >= 4 is 17.6 Å². The molecule has 1 aliphatic rings. The number of aryl methyl sites for hydroxylation is 2. The van der Waals surface area contributed by atoms with Crippen molar-refractivity contribution in [2.45, 2.75) is 32.9 Å². The number of ether oxygens (including phenoxy) is 1. The number of nitrogens with zero attached hydrogens (tertiary/aromatic N) is 1. The molecule has 0 radical (unpaired) electrons. The van der Waals surface area contributed by atoms with Crippen LogP contribution in [0.25, 0.3) is 0 Å². The van der Waals surface area contributed by atoms with E-state index in [4.69, 9.17) is 4.74 Å². The van der Waals surface area contributed by atoms with Gasteiger partial charge in [0.25, 0.3) is 0 Å². The van der Waals surface area contributed by atoms with E-state index in [0.717, 1.165) is 27.9 Å². The average Bonchev–Trinajstić information content (AvgIpc) is 2.59. The summed E-state index contributed by atoms with van der Waals surface area (Å²) < 4.78 is 4.95. The first kappa shape index (κ1) is 18.1. The highest BCUT2D eigenvalue weighted by molar-refractivity contribution is 5.93. The summed E-state index contributed by atoms with van der Waals surface area (Å²) >= 11 is 0. The summed E-state index contributed by atoms with van der Waals surface area (Å²) in [5.41, 5.74) is 5.25. The molecule has 0 aliphatic carbocycles. The highest BCUT2D eigenvalue weighted by atomic mass is 16.5. The van der Waals surface area contributed by atoms with Crippen molar-refractivity contribution in [1.82, 2.24) is 4.90 Å². The standard InChI is InChI=1S/C21H24N2O3/c1-14-8-15(2)10-18(9-14)22-20(24)13-23-12-17-7-5-4-6-16(17)11-19(23)21(25)26-3/h4-10,19H,11-13H2,1-3H3,(H,22,24)/t19-/m1/s1. The molecular weight excluding hydrogens is 328 g/mol. The molecule has 5 heteroatoms. The molecule has 1 amide bonds. The number of hydrogen-bond donors (Lipinski definition) is 1. The third-order valence-electron chi connectivity index (χ3n) is 4.67. The number of hydrogen-bond acceptors (Lipinski definition) is 4. The molecule has 0 unspecified atom stereocenters. The Labute approximate surface area is 154 Å². The number of benzene rings is 2. The van der Waals surface area contributed by atoms with Crippen LogP contribution in [0.4, 0.5) is 5.69 Å². The monoisotopic (exact) mass is 352 g/mol. The maximum absolute atomic E-state index is 12.6. The van der Waals surface area contributed by atoms with Gasteiger partial charge in [-0.25, -0.2) is 0 Å². The van der Waals surface area contributed by atoms with Crippen molar-refractivity contribution in [2.24, 2.45) is 0 Å². The van der Waals surface area contributed by atoms with Gasteiger partial charge in [-0.2, -0.15) is 0 Å². The molecule has 1 aliphatic heterocycles. The van der Waals surface area contributed by atoms with Crippen LogP contribution in [-0.4, -0.2) is 36.5 Å². The number of anilines is 1. The van der Waals surface area contributed by atoms with Crippen LogP contribution < -0.4 is 5.32 Å². The zero-order valence-electron chi connectivity index (χ0n) is 15.4. The van der Waals surface area contributed by atoms with Crippen LogP contribution in [0.5, 0.6) is 0 Å². The molecular formula is C21H24N2O3. The largest absolute Gasteiger partial charge is 0.468 e. The third-order valence-corrected chi connectivity index (χ3v) is 4.67. The number of fused-ring (bicyclic) bond motifs is 1. The normalized spacial score (nSPS) is 16.7. The highest BCUT2D eigenvalue weighted by Gasteiger charge is 2.33. The molecule has 0 spiro atoms. The first-order valence-corrected chi connectivity index (χ1v) is 8.73. The fraction of sp³-hybridized carbons (Fsp3) is 0.333. The minimum atomic E-state index is -0.445. The molecule has 2 aromatic carbocycles. The molecule has 26 heavy (non-hydrogen) atoms. The molecule has 3 rings (SSSR count). The second-order valence-corrected chi connectivity index (χ2v) is 6.84. The number of esters is 1. The summed E-state index contributed by atoms with van der Waals surface area (Å²) in [6, 6.07) is 13.5. The van der Waals surface area contributed by atoms with E-state index in [1.54, 1.807) is 0 Å². The lowest BCUT2D eigenvalue weighted by molar-refractivity contribution is -0.148. The maximum atomic E-state index is 12.6. The van der Waals surface area contributed by atoms with Crippen molar-refractivity contribution in [1.29, 1.82) is 0 Å². The summed E-state index contributed by atoms with van der Waals surface area (Å²) in [6.45, 7) is 4.69. The van der Waals surface area contributed by atoms with Gasteiger partial charge in [0.1, 0.15) is 6.04 Å². The molecule has 1 atom stereocenters. The summed E-state index contributed by atoms with van der Waals surface area (Å²) in [5.74, 6) is -0.443. The summed E-state index contributed by atoms with van der Waals surface area (Å²) in [5, 5.41) is 2.94. The Morgan fingerprint density at radius 3 is 2.42 bits per heavy atom. The predicted molar refractivity (Wildman–Crippen MR) is 101 cm³/mol. The first-order chi connectivity index (χ1) is 12.5. The molecule has 0 aromatic heterocycles. The van der Waals surface area contributed by atoms with Crippen molar-refractivity contribution in [3.63, 3.8) is 0 Å². The highest BCUT2D eigenvalue weighted by Crippen LogP contribution is 2.24. The first-order valence-electron chi connectivity index (χ1n) is 8.73. The van der Waals surface area contributed by atoms with Gasteiger partial charge in [-0.15, -0.1) is 0 Å². The van der Waals surface area contributed by atoms with E-state index in [0.29, 0.717) is 13.0 Å². The second-order valence-electron chi connectivity index (χ2n) is 6.84. The molecule has 2 aromatic rings. The average molecular weight is 352 g/mol. The second kappa shape index (κ2) is 7.70. The van der Waals surface area contributed by atoms with E-state index in [1.807, 2.05) is 55.1 Å². The summed E-state index contributed by atoms with van der Waals surface area (Å²) in [6.07, 6.45) is 0.555. The lowest BCUT2D eigenvalue weighted by Gasteiger charge is -2.34. The zero-order chi connectivity index (χ0) is 18.7. The minimum absolute atomic E-state index is 0.136. The maximum Gasteiger partial charge on any atom is 0.323 e. The van der Waals surface area contributed by atoms with E-state index in [1.165, 1.54) is 7.11 Å². The third kappa shape index (κ3) is 4.11. The Balaban J connectivity index is 1.75. The van der Waals surface area contributed by atoms with Crippen molar-refractivity contribution in [3.8, 4) is 0 Å². The van der Waals surface area contributed by atoms with Crippen LogP contribution in [0.2, 0.25) is 0 Å². The predicted octanol–water partition coefficient (Wildman–Crippen LogP) is 2.84. The van der Waals surface area contributed by atoms with Crippen LogP contribution in [-0.2, 0) is 27.3 Å². The van der Waals surface area contributed by atoms with Gasteiger partial charge in [0, 0.05) is 12.2 Å². The zero-order valence-corrected chi connectivity index (χ0v) is 15.4. The summed E-state index contributed by atoms with van der Waals surface area (Å²) in [4.78, 5) is 26.7. The van der Waals surface area contributed by atoms with E-state index in [-0.39, 0.29) is 18.4 Å². The Kier molecular flexibility index (Phi) is 5.38. The van der Waals surface area contributed by atoms with Gasteiger partial charge in [-0.05, 0) is 54.7 Å². The van der Waals surface area contributed by atoms with Crippen molar-refractivity contribution in [3.05, 3.63) is 64.7 Å². The SMILES string of the molecule is COC(=O)[C@H]1Cc2ccccc2CN1CC(=O)Nc1cc(C)cc(C)c1. The molecule has 5 nitrogen and oxygen atoms in total. The number of amides is 1. The molecule has 1 heterocycles. The van der Waals surface area contributed by atoms with Gasteiger partial charge in [-0.3, -0.25) is 14.5 Å². The minimum Gasteiger partial charge on any atom is -0.468 e. The van der Waals surface area contributed by atoms with E-state index < -0.39 is 6.04 Å². The van der Waals surface area contributed by atoms with Gasteiger partial charge in [0.2, 0.25) is 5.91 Å². The lowest BCUT2D eigenvalue weighted by Crippen LogP contribution is -2.49. The fourth-order valence-electron chi connectivity index (χ4n) is 3.54. The number of rotatable bonds is 4. The Morgan fingerprint density at radius 2 is 1.77 bits per heavy atom. The summed E-state index contributed by atoms with van der Waals surface area (Å²) in [7, 11) is 1.39. The quantitative estimate of drug-likeness (QED) is 0.860. The lowest BCUT2D eigenvalue weighted by atomic mass is 9.94. The van der Waals surface area contributed by atoms with Gasteiger partial charge in [0.15, 0.2) is 0 Å². The molecule has 0 fully saturated rings. The number of nitrogens with one attached hydrogen (secondary N) is 1. The molecule has 136 valence electrons. The van der Waals surface area contributed by atoms with E-state index in [2.05, 4.69) is 11.4 Å². The Bertz CT molecular complexity index is 812. The molecule has 1 N–H and O–H groups in total. The van der Waals surface area contributed by atoms with Gasteiger partial charge in [0.05, 0.1) is 13.7 Å². The van der Waals surface area contributed by atoms with Crippen LogP contribution >= 0.6 is 0 Å². The van der Waals surface area contributed by atoms with Gasteiger partial charge >= 0.3 is 5.97 Å².